The molecule has 5 heteroatoms. The Morgan fingerprint density at radius 1 is 1.30 bits per heavy atom. The van der Waals surface area contributed by atoms with Crippen molar-refractivity contribution < 1.29 is 13.9 Å². The smallest absolute Gasteiger partial charge is 0.167 e. The van der Waals surface area contributed by atoms with Crippen LogP contribution in [-0.4, -0.2) is 23.4 Å². The van der Waals surface area contributed by atoms with Gasteiger partial charge in [-0.15, -0.1) is 0 Å². The molecule has 0 unspecified atom stereocenters. The van der Waals surface area contributed by atoms with E-state index in [1.54, 1.807) is 27.0 Å². The number of halogens is 2. The molecule has 1 aliphatic heterocycles. The summed E-state index contributed by atoms with van der Waals surface area (Å²) in [6.07, 6.45) is 2.99. The van der Waals surface area contributed by atoms with Crippen molar-refractivity contribution in [3.63, 3.8) is 0 Å². The van der Waals surface area contributed by atoms with Crippen LogP contribution in [0, 0.1) is 11.6 Å². The predicted octanol–water partition coefficient (Wildman–Crippen LogP) is 3.62. The molecule has 1 aromatic carbocycles. The van der Waals surface area contributed by atoms with Crippen LogP contribution in [-0.2, 0) is 0 Å². The third kappa shape index (κ3) is 2.31. The van der Waals surface area contributed by atoms with E-state index in [1.165, 1.54) is 17.3 Å². The van der Waals surface area contributed by atoms with Crippen molar-refractivity contribution in [2.45, 2.75) is 19.8 Å². The molecular weight excluding hydrogens is 262 g/mol. The zero-order chi connectivity index (χ0) is 15.0. The van der Waals surface area contributed by atoms with Crippen LogP contribution in [0.25, 0.3) is 5.57 Å². The molecule has 0 amide bonds. The number of phenols is 1. The van der Waals surface area contributed by atoms with Crippen LogP contribution >= 0.6 is 0 Å². The number of benzene rings is 1. The summed E-state index contributed by atoms with van der Waals surface area (Å²) in [5, 5.41) is 15.4. The normalized spacial score (nSPS) is 15.0. The van der Waals surface area contributed by atoms with Gasteiger partial charge in [0.1, 0.15) is 5.75 Å². The lowest BCUT2D eigenvalue weighted by molar-refractivity contribution is 0.435. The van der Waals surface area contributed by atoms with Gasteiger partial charge in [0.05, 0.1) is 11.9 Å². The second kappa shape index (κ2) is 5.07. The lowest BCUT2D eigenvalue weighted by atomic mass is 9.95. The maximum absolute atomic E-state index is 14.2. The Morgan fingerprint density at radius 3 is 2.50 bits per heavy atom. The molecular formula is C15H16F2N2O. The van der Waals surface area contributed by atoms with Gasteiger partial charge in [0.25, 0.3) is 0 Å². The van der Waals surface area contributed by atoms with Crippen LogP contribution in [0.15, 0.2) is 29.5 Å². The van der Waals surface area contributed by atoms with Gasteiger partial charge in [0, 0.05) is 23.7 Å². The van der Waals surface area contributed by atoms with Gasteiger partial charge in [0.2, 0.25) is 0 Å². The minimum atomic E-state index is -1.02. The van der Waals surface area contributed by atoms with Gasteiger partial charge in [-0.2, -0.15) is 5.10 Å². The number of hydrogen-bond donors (Lipinski definition) is 1. The van der Waals surface area contributed by atoms with E-state index in [0.717, 1.165) is 0 Å². The van der Waals surface area contributed by atoms with E-state index in [1.807, 2.05) is 0 Å². The highest BCUT2D eigenvalue weighted by Gasteiger charge is 2.22. The number of aromatic hydroxyl groups is 1. The zero-order valence-corrected chi connectivity index (χ0v) is 11.6. The van der Waals surface area contributed by atoms with Gasteiger partial charge < -0.3 is 5.11 Å². The maximum atomic E-state index is 14.2. The highest BCUT2D eigenvalue weighted by atomic mass is 19.2. The number of rotatable bonds is 2. The van der Waals surface area contributed by atoms with E-state index in [-0.39, 0.29) is 22.8 Å². The van der Waals surface area contributed by atoms with Crippen molar-refractivity contribution >= 4 is 11.8 Å². The molecule has 0 spiro atoms. The summed E-state index contributed by atoms with van der Waals surface area (Å²) >= 11 is 0. The first-order chi connectivity index (χ1) is 9.32. The third-order valence-electron chi connectivity index (χ3n) is 3.22. The highest BCUT2D eigenvalue weighted by Crippen LogP contribution is 2.34. The summed E-state index contributed by atoms with van der Waals surface area (Å²) in [5.41, 5.74) is 0.878. The van der Waals surface area contributed by atoms with Gasteiger partial charge in [-0.1, -0.05) is 20.4 Å². The average Bonchev–Trinajstić information content (AvgIpc) is 2.37. The number of hydrazone groups is 1. The molecule has 0 bridgehead atoms. The standard InChI is InChI=1S/C15H16F2N2O/c1-8(2)13-12(20)6-11(14(16)15(13)17)10-5-9(3)19(4)18-7-10/h5-8,20H,3H2,1-2,4H3. The van der Waals surface area contributed by atoms with Crippen molar-refractivity contribution in [1.82, 2.24) is 5.01 Å². The second-order valence-electron chi connectivity index (χ2n) is 5.00. The van der Waals surface area contributed by atoms with Crippen molar-refractivity contribution in [2.24, 2.45) is 5.10 Å². The second-order valence-corrected chi connectivity index (χ2v) is 5.00. The minimum Gasteiger partial charge on any atom is -0.508 e. The van der Waals surface area contributed by atoms with E-state index in [2.05, 4.69) is 11.7 Å². The molecule has 0 saturated heterocycles. The van der Waals surface area contributed by atoms with Gasteiger partial charge in [-0.25, -0.2) is 8.78 Å². The summed E-state index contributed by atoms with van der Waals surface area (Å²) < 4.78 is 28.2. The third-order valence-corrected chi connectivity index (χ3v) is 3.22. The van der Waals surface area contributed by atoms with Gasteiger partial charge in [-0.3, -0.25) is 5.01 Å². The van der Waals surface area contributed by atoms with Crippen LogP contribution in [0.5, 0.6) is 5.75 Å². The zero-order valence-electron chi connectivity index (χ0n) is 11.6. The van der Waals surface area contributed by atoms with Crippen LogP contribution in [0.3, 0.4) is 0 Å². The quantitative estimate of drug-likeness (QED) is 0.896. The Hall–Kier alpha value is -2.17. The summed E-state index contributed by atoms with van der Waals surface area (Å²) in [4.78, 5) is 0. The lowest BCUT2D eigenvalue weighted by Crippen LogP contribution is -2.13. The molecule has 0 aromatic heterocycles. The number of likely N-dealkylation sites (N-methyl/N-ethyl adjacent to an activating group) is 1. The largest absolute Gasteiger partial charge is 0.508 e. The van der Waals surface area contributed by atoms with Crippen molar-refractivity contribution in [2.75, 3.05) is 7.05 Å². The van der Waals surface area contributed by atoms with E-state index < -0.39 is 11.6 Å². The predicted molar refractivity (Wildman–Crippen MR) is 75.5 cm³/mol. The fourth-order valence-corrected chi connectivity index (χ4v) is 2.07. The van der Waals surface area contributed by atoms with Gasteiger partial charge >= 0.3 is 0 Å². The summed E-state index contributed by atoms with van der Waals surface area (Å²) in [6, 6.07) is 1.23. The monoisotopic (exact) mass is 278 g/mol. The molecule has 20 heavy (non-hydrogen) atoms. The van der Waals surface area contributed by atoms with Crippen molar-refractivity contribution in [3.05, 3.63) is 47.2 Å². The molecule has 0 aliphatic carbocycles. The van der Waals surface area contributed by atoms with Crippen molar-refractivity contribution in [3.8, 4) is 5.75 Å². The van der Waals surface area contributed by atoms with E-state index in [4.69, 9.17) is 0 Å². The molecule has 106 valence electrons. The maximum Gasteiger partial charge on any atom is 0.167 e. The van der Waals surface area contributed by atoms with Crippen LogP contribution in [0.2, 0.25) is 0 Å². The molecule has 0 radical (unpaired) electrons. The van der Waals surface area contributed by atoms with Gasteiger partial charge in [0.15, 0.2) is 11.6 Å². The fourth-order valence-electron chi connectivity index (χ4n) is 2.07. The Kier molecular flexibility index (Phi) is 3.61. The molecule has 1 aromatic rings. The molecule has 1 aliphatic rings. The first-order valence-electron chi connectivity index (χ1n) is 6.22. The number of hydrogen-bond acceptors (Lipinski definition) is 3. The first-order valence-corrected chi connectivity index (χ1v) is 6.22. The number of allylic oxidation sites excluding steroid dienone is 2. The summed E-state index contributed by atoms with van der Waals surface area (Å²) in [7, 11) is 1.70. The Bertz CT molecular complexity index is 633. The van der Waals surface area contributed by atoms with Crippen LogP contribution < -0.4 is 0 Å². The van der Waals surface area contributed by atoms with E-state index in [9.17, 15) is 13.9 Å². The van der Waals surface area contributed by atoms with Gasteiger partial charge in [-0.05, 0) is 18.1 Å². The Morgan fingerprint density at radius 2 is 1.95 bits per heavy atom. The van der Waals surface area contributed by atoms with E-state index >= 15 is 0 Å². The summed E-state index contributed by atoms with van der Waals surface area (Å²) in [6.45, 7) is 7.13. The number of phenolic OH excluding ortho intramolecular Hbond substituents is 1. The summed E-state index contributed by atoms with van der Waals surface area (Å²) in [5.74, 6) is -2.57. The number of nitrogens with zero attached hydrogens (tertiary/aromatic N) is 2. The highest BCUT2D eigenvalue weighted by molar-refractivity contribution is 6.11. The Labute approximate surface area is 116 Å². The Balaban J connectivity index is 2.58. The fraction of sp³-hybridized carbons (Fsp3) is 0.267. The average molecular weight is 278 g/mol. The topological polar surface area (TPSA) is 35.8 Å². The molecule has 0 atom stereocenters. The van der Waals surface area contributed by atoms with Crippen LogP contribution in [0.4, 0.5) is 8.78 Å². The van der Waals surface area contributed by atoms with Crippen LogP contribution in [0.1, 0.15) is 30.9 Å². The lowest BCUT2D eigenvalue weighted by Gasteiger charge is -2.20. The van der Waals surface area contributed by atoms with Crippen molar-refractivity contribution in [1.29, 1.82) is 0 Å². The van der Waals surface area contributed by atoms with E-state index in [0.29, 0.717) is 11.3 Å². The minimum absolute atomic E-state index is 0.0180. The molecule has 3 nitrogen and oxygen atoms in total. The first kappa shape index (κ1) is 14.2. The molecule has 0 saturated carbocycles. The molecule has 1 heterocycles. The molecule has 0 fully saturated rings. The SMILES string of the molecule is C=C1C=C(c2cc(O)c(C(C)C)c(F)c2F)C=NN1C. The molecule has 1 N–H and O–H groups in total. The molecule has 2 rings (SSSR count).